The first-order valence-corrected chi connectivity index (χ1v) is 6.45. The summed E-state index contributed by atoms with van der Waals surface area (Å²) < 4.78 is 0. The molecule has 0 fully saturated rings. The van der Waals surface area contributed by atoms with Gasteiger partial charge in [0.05, 0.1) is 8.07 Å². The standard InChI is InChI=1S/C6H13NSi/c1-8(2,3)6-4-5-7/h6-7H2,1-3H3. The molecular formula is C6H13NSi. The van der Waals surface area contributed by atoms with E-state index >= 15 is 0 Å². The van der Waals surface area contributed by atoms with Crippen LogP contribution < -0.4 is 5.73 Å². The molecule has 0 amide bonds. The largest absolute Gasteiger partial charge is 0.359 e. The third-order valence-corrected chi connectivity index (χ3v) is 1.96. The van der Waals surface area contributed by atoms with Crippen LogP contribution in [0.15, 0.2) is 0 Å². The average Bonchev–Trinajstić information content (AvgIpc) is 1.59. The molecule has 0 rings (SSSR count). The summed E-state index contributed by atoms with van der Waals surface area (Å²) in [6.45, 7) is 6.83. The molecule has 1 nitrogen and oxygen atoms in total. The quantitative estimate of drug-likeness (QED) is 0.320. The maximum atomic E-state index is 5.00. The maximum Gasteiger partial charge on any atom is 0.0574 e. The summed E-state index contributed by atoms with van der Waals surface area (Å²) in [6, 6.07) is 3.43. The molecule has 0 spiro atoms. The fourth-order valence-electron chi connectivity index (χ4n) is 0.316. The Balaban J connectivity index is 3.50. The minimum absolute atomic E-state index is 0.932. The molecule has 0 aliphatic heterocycles. The van der Waals surface area contributed by atoms with Gasteiger partial charge < -0.3 is 5.73 Å². The summed E-state index contributed by atoms with van der Waals surface area (Å²) in [4.78, 5) is 0. The lowest BCUT2D eigenvalue weighted by molar-refractivity contribution is 1.55. The molecule has 0 aliphatic carbocycles. The number of nitrogens with two attached hydrogens (primary N) is 1. The molecule has 0 saturated heterocycles. The van der Waals surface area contributed by atoms with Crippen molar-refractivity contribution in [2.75, 3.05) is 0 Å². The lowest BCUT2D eigenvalue weighted by atomic mass is 10.8. The first kappa shape index (κ1) is 7.58. The van der Waals surface area contributed by atoms with Crippen molar-refractivity contribution in [3.63, 3.8) is 0 Å². The summed E-state index contributed by atoms with van der Waals surface area (Å²) in [6.07, 6.45) is 0. The Morgan fingerprint density at radius 2 is 1.88 bits per heavy atom. The molecule has 0 unspecified atom stereocenters. The van der Waals surface area contributed by atoms with Gasteiger partial charge in [-0.25, -0.2) is 0 Å². The Morgan fingerprint density at radius 3 is 2.00 bits per heavy atom. The fourth-order valence-corrected chi connectivity index (χ4v) is 0.949. The molecule has 0 bridgehead atoms. The summed E-state index contributed by atoms with van der Waals surface area (Å²) in [5, 5.41) is 0. The third kappa shape index (κ3) is 5.58. The zero-order valence-electron chi connectivity index (χ0n) is 5.78. The van der Waals surface area contributed by atoms with Crippen LogP contribution in [0, 0.1) is 12.0 Å². The van der Waals surface area contributed by atoms with Gasteiger partial charge >= 0.3 is 0 Å². The first-order chi connectivity index (χ1) is 3.56. The van der Waals surface area contributed by atoms with Gasteiger partial charge in [0.15, 0.2) is 0 Å². The smallest absolute Gasteiger partial charge is 0.0574 e. The van der Waals surface area contributed by atoms with Crippen molar-refractivity contribution in [2.24, 2.45) is 5.73 Å². The lowest BCUT2D eigenvalue weighted by Crippen LogP contribution is -2.17. The Labute approximate surface area is 52.3 Å². The topological polar surface area (TPSA) is 26.0 Å². The molecule has 0 aromatic heterocycles. The van der Waals surface area contributed by atoms with Gasteiger partial charge in [-0.05, 0) is 0 Å². The number of hydrogen-bond acceptors (Lipinski definition) is 1. The summed E-state index contributed by atoms with van der Waals surface area (Å²) in [7, 11) is -0.932. The highest BCUT2D eigenvalue weighted by atomic mass is 28.3. The van der Waals surface area contributed by atoms with E-state index in [9.17, 15) is 0 Å². The first-order valence-electron chi connectivity index (χ1n) is 2.75. The normalized spacial score (nSPS) is 9.88. The van der Waals surface area contributed by atoms with E-state index in [0.717, 1.165) is 6.04 Å². The minimum atomic E-state index is -0.932. The fraction of sp³-hybridized carbons (Fsp3) is 0.667. The minimum Gasteiger partial charge on any atom is -0.359 e. The Kier molecular flexibility index (Phi) is 2.63. The van der Waals surface area contributed by atoms with E-state index in [1.54, 1.807) is 0 Å². The van der Waals surface area contributed by atoms with Gasteiger partial charge in [-0.1, -0.05) is 25.6 Å². The van der Waals surface area contributed by atoms with Crippen molar-refractivity contribution in [3.8, 4) is 12.0 Å². The van der Waals surface area contributed by atoms with Crippen LogP contribution in [0.2, 0.25) is 25.7 Å². The average molecular weight is 127 g/mol. The molecular weight excluding hydrogens is 114 g/mol. The third-order valence-electron chi connectivity index (χ3n) is 0.721. The molecule has 8 heavy (non-hydrogen) atoms. The molecule has 0 atom stereocenters. The summed E-state index contributed by atoms with van der Waals surface area (Å²) in [5.41, 5.74) is 5.00. The van der Waals surface area contributed by atoms with E-state index < -0.39 is 8.07 Å². The molecule has 2 heteroatoms. The van der Waals surface area contributed by atoms with Crippen LogP contribution in [-0.2, 0) is 0 Å². The van der Waals surface area contributed by atoms with E-state index in [0.29, 0.717) is 0 Å². The van der Waals surface area contributed by atoms with Crippen molar-refractivity contribution >= 4 is 8.07 Å². The molecule has 2 N–H and O–H groups in total. The van der Waals surface area contributed by atoms with Crippen molar-refractivity contribution in [2.45, 2.75) is 25.7 Å². The SMILES string of the molecule is C[Si](C)(C)CC#CN. The van der Waals surface area contributed by atoms with E-state index in [1.807, 2.05) is 0 Å². The molecule has 0 radical (unpaired) electrons. The van der Waals surface area contributed by atoms with E-state index in [4.69, 9.17) is 5.73 Å². The second-order valence-corrected chi connectivity index (χ2v) is 8.53. The van der Waals surface area contributed by atoms with Crippen molar-refractivity contribution < 1.29 is 0 Å². The number of hydrogen-bond donors (Lipinski definition) is 1. The van der Waals surface area contributed by atoms with Crippen LogP contribution in [0.25, 0.3) is 0 Å². The van der Waals surface area contributed by atoms with E-state index in [2.05, 4.69) is 31.6 Å². The predicted molar refractivity (Wildman–Crippen MR) is 40.1 cm³/mol. The Morgan fingerprint density at radius 1 is 1.38 bits per heavy atom. The Hall–Kier alpha value is -0.423. The van der Waals surface area contributed by atoms with Crippen LogP contribution in [0.5, 0.6) is 0 Å². The number of rotatable bonds is 1. The summed E-state index contributed by atoms with van der Waals surface area (Å²) in [5.74, 6) is 2.88. The monoisotopic (exact) mass is 127 g/mol. The highest BCUT2D eigenvalue weighted by Crippen LogP contribution is 2.04. The van der Waals surface area contributed by atoms with Crippen molar-refractivity contribution in [3.05, 3.63) is 0 Å². The Bertz CT molecular complexity index is 113. The van der Waals surface area contributed by atoms with Crippen LogP contribution in [0.4, 0.5) is 0 Å². The van der Waals surface area contributed by atoms with Crippen molar-refractivity contribution in [1.82, 2.24) is 0 Å². The zero-order chi connectivity index (χ0) is 6.62. The highest BCUT2D eigenvalue weighted by Gasteiger charge is 2.09. The van der Waals surface area contributed by atoms with Gasteiger partial charge in [0.25, 0.3) is 0 Å². The van der Waals surface area contributed by atoms with E-state index in [-0.39, 0.29) is 0 Å². The molecule has 46 valence electrons. The van der Waals surface area contributed by atoms with Crippen LogP contribution >= 0.6 is 0 Å². The maximum absolute atomic E-state index is 5.00. The van der Waals surface area contributed by atoms with Crippen LogP contribution in [0.1, 0.15) is 0 Å². The molecule has 0 aromatic carbocycles. The molecule has 0 saturated carbocycles. The highest BCUT2D eigenvalue weighted by molar-refractivity contribution is 6.76. The van der Waals surface area contributed by atoms with Gasteiger partial charge in [-0.3, -0.25) is 0 Å². The van der Waals surface area contributed by atoms with Crippen LogP contribution in [0.3, 0.4) is 0 Å². The van der Waals surface area contributed by atoms with Gasteiger partial charge in [-0.15, -0.1) is 0 Å². The summed E-state index contributed by atoms with van der Waals surface area (Å²) >= 11 is 0. The lowest BCUT2D eigenvalue weighted by Gasteiger charge is -2.08. The van der Waals surface area contributed by atoms with Gasteiger partial charge in [0.1, 0.15) is 0 Å². The molecule has 0 heterocycles. The zero-order valence-corrected chi connectivity index (χ0v) is 6.78. The van der Waals surface area contributed by atoms with Gasteiger partial charge in [-0.2, -0.15) is 0 Å². The molecule has 0 aromatic rings. The van der Waals surface area contributed by atoms with Gasteiger partial charge in [0.2, 0.25) is 0 Å². The molecule has 0 aliphatic rings. The van der Waals surface area contributed by atoms with Crippen molar-refractivity contribution in [1.29, 1.82) is 0 Å². The predicted octanol–water partition coefficient (Wildman–Crippen LogP) is 1.24. The van der Waals surface area contributed by atoms with Crippen LogP contribution in [-0.4, -0.2) is 8.07 Å². The van der Waals surface area contributed by atoms with Gasteiger partial charge in [0, 0.05) is 12.1 Å². The van der Waals surface area contributed by atoms with E-state index in [1.165, 1.54) is 0 Å². The second kappa shape index (κ2) is 2.78. The second-order valence-electron chi connectivity index (χ2n) is 3.06.